The molecule has 2 aromatic carbocycles. The number of hydrogen-bond acceptors (Lipinski definition) is 3. The summed E-state index contributed by atoms with van der Waals surface area (Å²) in [7, 11) is 3.28. The molecular weight excluding hydrogens is 264 g/mol. The second-order valence-corrected chi connectivity index (χ2v) is 4.76. The van der Waals surface area contributed by atoms with Crippen LogP contribution in [0.5, 0.6) is 0 Å². The number of hydrogen-bond donors (Lipinski definition) is 1. The minimum absolute atomic E-state index is 0.121. The maximum absolute atomic E-state index is 12.7. The van der Waals surface area contributed by atoms with Crippen molar-refractivity contribution in [3.63, 3.8) is 0 Å². The third kappa shape index (κ3) is 3.29. The van der Waals surface area contributed by atoms with E-state index in [1.807, 2.05) is 54.6 Å². The summed E-state index contributed by atoms with van der Waals surface area (Å²) in [4.78, 5) is 14.3. The average molecular weight is 284 g/mol. The Hall–Kier alpha value is -2.17. The molecule has 0 aliphatic heterocycles. The average Bonchev–Trinajstić information content (AvgIpc) is 2.55. The van der Waals surface area contributed by atoms with Crippen molar-refractivity contribution in [3.8, 4) is 0 Å². The molecular formula is C17H20N2O2. The topological polar surface area (TPSA) is 55.6 Å². The van der Waals surface area contributed by atoms with Crippen LogP contribution in [0.3, 0.4) is 0 Å². The first kappa shape index (κ1) is 15.2. The van der Waals surface area contributed by atoms with Crippen molar-refractivity contribution < 1.29 is 9.53 Å². The number of carbonyl (C=O) groups is 1. The van der Waals surface area contributed by atoms with Crippen molar-refractivity contribution in [3.05, 3.63) is 65.7 Å². The number of rotatable bonds is 5. The van der Waals surface area contributed by atoms with E-state index < -0.39 is 6.10 Å². The number of para-hydroxylation sites is 1. The first-order valence-corrected chi connectivity index (χ1v) is 6.82. The van der Waals surface area contributed by atoms with E-state index in [1.165, 1.54) is 7.11 Å². The second kappa shape index (κ2) is 7.02. The fourth-order valence-electron chi connectivity index (χ4n) is 2.31. The van der Waals surface area contributed by atoms with Gasteiger partial charge in [-0.3, -0.25) is 4.79 Å². The molecule has 0 aliphatic carbocycles. The lowest BCUT2D eigenvalue weighted by Gasteiger charge is -2.25. The highest BCUT2D eigenvalue weighted by molar-refractivity contribution is 5.97. The Morgan fingerprint density at radius 2 is 1.76 bits per heavy atom. The molecule has 2 N–H and O–H groups in total. The van der Waals surface area contributed by atoms with E-state index >= 15 is 0 Å². The smallest absolute Gasteiger partial charge is 0.260 e. The predicted octanol–water partition coefficient (Wildman–Crippen LogP) is 2.50. The van der Waals surface area contributed by atoms with Gasteiger partial charge in [-0.1, -0.05) is 48.5 Å². The fourth-order valence-corrected chi connectivity index (χ4v) is 2.31. The lowest BCUT2D eigenvalue weighted by Crippen LogP contribution is -2.33. The largest absolute Gasteiger partial charge is 0.367 e. The molecule has 4 nitrogen and oxygen atoms in total. The van der Waals surface area contributed by atoms with Crippen molar-refractivity contribution in [1.29, 1.82) is 0 Å². The number of likely N-dealkylation sites (N-methyl/N-ethyl adjacent to an activating group) is 1. The second-order valence-electron chi connectivity index (χ2n) is 4.76. The quantitative estimate of drug-likeness (QED) is 0.917. The van der Waals surface area contributed by atoms with E-state index in [-0.39, 0.29) is 5.91 Å². The number of benzene rings is 2. The van der Waals surface area contributed by atoms with Gasteiger partial charge in [-0.15, -0.1) is 0 Å². The molecule has 0 radical (unpaired) electrons. The van der Waals surface area contributed by atoms with E-state index in [9.17, 15) is 4.79 Å². The van der Waals surface area contributed by atoms with Crippen LogP contribution in [0.15, 0.2) is 54.6 Å². The summed E-state index contributed by atoms with van der Waals surface area (Å²) < 4.78 is 5.39. The van der Waals surface area contributed by atoms with E-state index in [2.05, 4.69) is 0 Å². The molecule has 0 aliphatic rings. The Morgan fingerprint density at radius 3 is 2.38 bits per heavy atom. The zero-order chi connectivity index (χ0) is 15.2. The zero-order valence-corrected chi connectivity index (χ0v) is 12.3. The summed E-state index contributed by atoms with van der Waals surface area (Å²) >= 11 is 0. The summed E-state index contributed by atoms with van der Waals surface area (Å²) in [6.45, 7) is 0.386. The highest BCUT2D eigenvalue weighted by Gasteiger charge is 2.25. The number of nitrogens with zero attached hydrogens (tertiary/aromatic N) is 1. The molecule has 0 aromatic heterocycles. The Bertz CT molecular complexity index is 599. The maximum atomic E-state index is 12.7. The van der Waals surface area contributed by atoms with Gasteiger partial charge in [-0.2, -0.15) is 0 Å². The summed E-state index contributed by atoms with van der Waals surface area (Å²) in [5.74, 6) is -0.121. The van der Waals surface area contributed by atoms with Crippen LogP contribution in [0.4, 0.5) is 5.69 Å². The van der Waals surface area contributed by atoms with Crippen LogP contribution < -0.4 is 10.6 Å². The normalized spacial score (nSPS) is 12.0. The number of anilines is 1. The van der Waals surface area contributed by atoms with Crippen LogP contribution in [0.25, 0.3) is 0 Å². The number of amides is 1. The first-order chi connectivity index (χ1) is 10.2. The summed E-state index contributed by atoms with van der Waals surface area (Å²) in [5.41, 5.74) is 8.31. The van der Waals surface area contributed by atoms with E-state index in [1.54, 1.807) is 11.9 Å². The van der Waals surface area contributed by atoms with Gasteiger partial charge in [0.15, 0.2) is 6.10 Å². The molecule has 2 aromatic rings. The first-order valence-electron chi connectivity index (χ1n) is 6.82. The Kier molecular flexibility index (Phi) is 5.09. The van der Waals surface area contributed by atoms with Gasteiger partial charge in [0.25, 0.3) is 5.91 Å². The highest BCUT2D eigenvalue weighted by Crippen LogP contribution is 2.24. The van der Waals surface area contributed by atoms with Gasteiger partial charge >= 0.3 is 0 Å². The third-order valence-electron chi connectivity index (χ3n) is 3.47. The molecule has 1 amide bonds. The van der Waals surface area contributed by atoms with Crippen LogP contribution in [-0.2, 0) is 16.1 Å². The van der Waals surface area contributed by atoms with E-state index in [0.717, 1.165) is 16.8 Å². The molecule has 0 saturated heterocycles. The van der Waals surface area contributed by atoms with Crippen LogP contribution >= 0.6 is 0 Å². The summed E-state index contributed by atoms with van der Waals surface area (Å²) in [6, 6.07) is 17.1. The third-order valence-corrected chi connectivity index (χ3v) is 3.47. The van der Waals surface area contributed by atoms with Crippen LogP contribution in [-0.4, -0.2) is 20.1 Å². The number of carbonyl (C=O) groups excluding carboxylic acids is 1. The van der Waals surface area contributed by atoms with Crippen molar-refractivity contribution in [2.75, 3.05) is 19.1 Å². The molecule has 1 atom stereocenters. The minimum atomic E-state index is -0.623. The van der Waals surface area contributed by atoms with Crippen LogP contribution in [0.1, 0.15) is 17.2 Å². The fraction of sp³-hybridized carbons (Fsp3) is 0.235. The van der Waals surface area contributed by atoms with Crippen LogP contribution in [0.2, 0.25) is 0 Å². The van der Waals surface area contributed by atoms with Crippen molar-refractivity contribution in [2.24, 2.45) is 5.73 Å². The van der Waals surface area contributed by atoms with E-state index in [4.69, 9.17) is 10.5 Å². The molecule has 0 bridgehead atoms. The predicted molar refractivity (Wildman–Crippen MR) is 83.9 cm³/mol. The van der Waals surface area contributed by atoms with Crippen molar-refractivity contribution >= 4 is 11.6 Å². The van der Waals surface area contributed by atoms with E-state index in [0.29, 0.717) is 6.54 Å². The highest BCUT2D eigenvalue weighted by atomic mass is 16.5. The van der Waals surface area contributed by atoms with Gasteiger partial charge in [-0.25, -0.2) is 0 Å². The Balaban J connectivity index is 2.29. The summed E-state index contributed by atoms with van der Waals surface area (Å²) in [5, 5.41) is 0. The van der Waals surface area contributed by atoms with Crippen LogP contribution in [0, 0.1) is 0 Å². The minimum Gasteiger partial charge on any atom is -0.367 e. The molecule has 21 heavy (non-hydrogen) atoms. The lowest BCUT2D eigenvalue weighted by atomic mass is 10.1. The zero-order valence-electron chi connectivity index (χ0n) is 12.3. The molecule has 0 spiro atoms. The Labute approximate surface area is 125 Å². The molecule has 0 saturated carbocycles. The monoisotopic (exact) mass is 284 g/mol. The summed E-state index contributed by atoms with van der Waals surface area (Å²) in [6.07, 6.45) is -0.623. The molecule has 1 unspecified atom stereocenters. The van der Waals surface area contributed by atoms with Gasteiger partial charge < -0.3 is 15.4 Å². The molecule has 0 heterocycles. The molecule has 0 fully saturated rings. The van der Waals surface area contributed by atoms with Gasteiger partial charge in [0.1, 0.15) is 0 Å². The number of ether oxygens (including phenoxy) is 1. The van der Waals surface area contributed by atoms with Gasteiger partial charge in [0.05, 0.1) is 0 Å². The maximum Gasteiger partial charge on any atom is 0.260 e. The lowest BCUT2D eigenvalue weighted by molar-refractivity contribution is -0.128. The van der Waals surface area contributed by atoms with Crippen molar-refractivity contribution in [1.82, 2.24) is 0 Å². The SMILES string of the molecule is COC(C(=O)N(C)c1ccccc1CN)c1ccccc1. The number of methoxy groups -OCH3 is 1. The molecule has 110 valence electrons. The Morgan fingerprint density at radius 1 is 1.14 bits per heavy atom. The van der Waals surface area contributed by atoms with Gasteiger partial charge in [-0.05, 0) is 17.2 Å². The number of nitrogens with two attached hydrogens (primary N) is 1. The van der Waals surface area contributed by atoms with Gasteiger partial charge in [0.2, 0.25) is 0 Å². The molecule has 4 heteroatoms. The van der Waals surface area contributed by atoms with Crippen molar-refractivity contribution in [2.45, 2.75) is 12.6 Å². The standard InChI is InChI=1S/C17H20N2O2/c1-19(15-11-7-6-10-14(15)12-18)17(20)16(21-2)13-8-4-3-5-9-13/h3-11,16H,12,18H2,1-2H3. The molecule has 2 rings (SSSR count). The van der Waals surface area contributed by atoms with Gasteiger partial charge in [0, 0.05) is 26.4 Å².